The van der Waals surface area contributed by atoms with Gasteiger partial charge in [0.05, 0.1) is 0 Å². The van der Waals surface area contributed by atoms with Gasteiger partial charge in [0, 0.05) is 12.1 Å². The summed E-state index contributed by atoms with van der Waals surface area (Å²) in [6.07, 6.45) is 1.28. The second-order valence-electron chi connectivity index (χ2n) is 5.77. The number of rotatable bonds is 4. The van der Waals surface area contributed by atoms with E-state index in [1.165, 1.54) is 27.8 Å². The molecule has 2 aromatic rings. The van der Waals surface area contributed by atoms with Crippen LogP contribution in [-0.4, -0.2) is 5.91 Å². The molecule has 0 saturated heterocycles. The minimum Gasteiger partial charge on any atom is -0.326 e. The third kappa shape index (κ3) is 4.19. The predicted octanol–water partition coefficient (Wildman–Crippen LogP) is 4.49. The van der Waals surface area contributed by atoms with E-state index in [4.69, 9.17) is 0 Å². The Kier molecular flexibility index (Phi) is 4.79. The fourth-order valence-corrected chi connectivity index (χ4v) is 2.26. The summed E-state index contributed by atoms with van der Waals surface area (Å²) in [5.74, 6) is 0.0662. The standard InChI is InChI=1S/C19H23NO/c1-13-5-7-17(11-15(13)3)8-10-19(21)20-18-9-6-14(2)16(4)12-18/h5-7,9,11-12H,8,10H2,1-4H3,(H,20,21). The van der Waals surface area contributed by atoms with E-state index in [1.54, 1.807) is 0 Å². The van der Waals surface area contributed by atoms with Gasteiger partial charge in [0.2, 0.25) is 5.91 Å². The average molecular weight is 281 g/mol. The quantitative estimate of drug-likeness (QED) is 0.879. The van der Waals surface area contributed by atoms with Crippen LogP contribution in [-0.2, 0) is 11.2 Å². The van der Waals surface area contributed by atoms with Gasteiger partial charge in [-0.25, -0.2) is 0 Å². The summed E-state index contributed by atoms with van der Waals surface area (Å²) < 4.78 is 0. The molecule has 0 aliphatic rings. The van der Waals surface area contributed by atoms with E-state index in [-0.39, 0.29) is 5.91 Å². The minimum atomic E-state index is 0.0662. The molecule has 0 aliphatic heterocycles. The molecule has 2 aromatic carbocycles. The van der Waals surface area contributed by atoms with Crippen LogP contribution in [0, 0.1) is 27.7 Å². The molecule has 1 N–H and O–H groups in total. The highest BCUT2D eigenvalue weighted by Crippen LogP contribution is 2.15. The van der Waals surface area contributed by atoms with Gasteiger partial charge in [-0.3, -0.25) is 4.79 Å². The lowest BCUT2D eigenvalue weighted by atomic mass is 10.0. The molecule has 1 amide bonds. The molecule has 0 aromatic heterocycles. The molecule has 0 bridgehead atoms. The van der Waals surface area contributed by atoms with Crippen molar-refractivity contribution in [1.82, 2.24) is 0 Å². The van der Waals surface area contributed by atoms with Crippen LogP contribution >= 0.6 is 0 Å². The highest BCUT2D eigenvalue weighted by molar-refractivity contribution is 5.90. The highest BCUT2D eigenvalue weighted by Gasteiger charge is 2.05. The maximum absolute atomic E-state index is 12.0. The van der Waals surface area contributed by atoms with Crippen molar-refractivity contribution in [3.63, 3.8) is 0 Å². The molecule has 21 heavy (non-hydrogen) atoms. The fourth-order valence-electron chi connectivity index (χ4n) is 2.26. The topological polar surface area (TPSA) is 29.1 Å². The average Bonchev–Trinajstić information content (AvgIpc) is 2.44. The van der Waals surface area contributed by atoms with Gasteiger partial charge in [-0.1, -0.05) is 24.3 Å². The van der Waals surface area contributed by atoms with Crippen molar-refractivity contribution in [2.45, 2.75) is 40.5 Å². The van der Waals surface area contributed by atoms with E-state index < -0.39 is 0 Å². The first-order valence-electron chi connectivity index (χ1n) is 7.39. The summed E-state index contributed by atoms with van der Waals surface area (Å²) in [4.78, 5) is 12.0. The van der Waals surface area contributed by atoms with Gasteiger partial charge < -0.3 is 5.32 Å². The molecular weight excluding hydrogens is 258 g/mol. The molecule has 0 fully saturated rings. The molecule has 0 aliphatic carbocycles. The maximum Gasteiger partial charge on any atom is 0.224 e. The van der Waals surface area contributed by atoms with Gasteiger partial charge in [0.1, 0.15) is 0 Å². The second-order valence-corrected chi connectivity index (χ2v) is 5.77. The smallest absolute Gasteiger partial charge is 0.224 e. The van der Waals surface area contributed by atoms with Crippen LogP contribution < -0.4 is 5.32 Å². The van der Waals surface area contributed by atoms with Gasteiger partial charge in [-0.05, 0) is 74.1 Å². The number of carbonyl (C=O) groups is 1. The molecule has 0 heterocycles. The zero-order chi connectivity index (χ0) is 15.4. The van der Waals surface area contributed by atoms with E-state index in [9.17, 15) is 4.79 Å². The van der Waals surface area contributed by atoms with Crippen LogP contribution in [0.25, 0.3) is 0 Å². The zero-order valence-corrected chi connectivity index (χ0v) is 13.3. The Bertz CT molecular complexity index is 659. The third-order valence-electron chi connectivity index (χ3n) is 4.00. The first kappa shape index (κ1) is 15.3. The summed E-state index contributed by atoms with van der Waals surface area (Å²) in [6, 6.07) is 12.4. The summed E-state index contributed by atoms with van der Waals surface area (Å²) in [7, 11) is 0. The Labute approximate surface area is 127 Å². The van der Waals surface area contributed by atoms with Crippen molar-refractivity contribution in [2.24, 2.45) is 0 Å². The van der Waals surface area contributed by atoms with Crippen LogP contribution in [0.5, 0.6) is 0 Å². The molecular formula is C19H23NO. The van der Waals surface area contributed by atoms with Gasteiger partial charge in [-0.2, -0.15) is 0 Å². The molecule has 0 atom stereocenters. The number of hydrogen-bond acceptors (Lipinski definition) is 1. The van der Waals surface area contributed by atoms with Crippen molar-refractivity contribution in [3.8, 4) is 0 Å². The molecule has 0 unspecified atom stereocenters. The Balaban J connectivity index is 1.92. The number of aryl methyl sites for hydroxylation is 5. The Morgan fingerprint density at radius 1 is 0.857 bits per heavy atom. The third-order valence-corrected chi connectivity index (χ3v) is 4.00. The van der Waals surface area contributed by atoms with E-state index in [2.05, 4.69) is 51.2 Å². The number of hydrogen-bond donors (Lipinski definition) is 1. The van der Waals surface area contributed by atoms with Crippen molar-refractivity contribution < 1.29 is 4.79 Å². The van der Waals surface area contributed by atoms with E-state index in [0.29, 0.717) is 6.42 Å². The van der Waals surface area contributed by atoms with Gasteiger partial charge in [-0.15, -0.1) is 0 Å². The first-order chi connectivity index (χ1) is 9.95. The largest absolute Gasteiger partial charge is 0.326 e. The molecule has 2 nitrogen and oxygen atoms in total. The van der Waals surface area contributed by atoms with Crippen molar-refractivity contribution >= 4 is 11.6 Å². The minimum absolute atomic E-state index is 0.0662. The highest BCUT2D eigenvalue weighted by atomic mass is 16.1. The number of benzene rings is 2. The van der Waals surface area contributed by atoms with Crippen molar-refractivity contribution in [2.75, 3.05) is 5.32 Å². The Hall–Kier alpha value is -2.09. The fraction of sp³-hybridized carbons (Fsp3) is 0.316. The molecule has 0 saturated carbocycles. The first-order valence-corrected chi connectivity index (χ1v) is 7.39. The lowest BCUT2D eigenvalue weighted by Crippen LogP contribution is -2.12. The van der Waals surface area contributed by atoms with E-state index in [0.717, 1.165) is 12.1 Å². The van der Waals surface area contributed by atoms with Gasteiger partial charge in [0.15, 0.2) is 0 Å². The van der Waals surface area contributed by atoms with Crippen LogP contribution in [0.1, 0.15) is 34.2 Å². The number of carbonyl (C=O) groups excluding carboxylic acids is 1. The van der Waals surface area contributed by atoms with E-state index >= 15 is 0 Å². The lowest BCUT2D eigenvalue weighted by molar-refractivity contribution is -0.116. The van der Waals surface area contributed by atoms with E-state index in [1.807, 2.05) is 18.2 Å². The molecule has 0 spiro atoms. The maximum atomic E-state index is 12.0. The number of amides is 1. The molecule has 110 valence electrons. The van der Waals surface area contributed by atoms with Gasteiger partial charge >= 0.3 is 0 Å². The van der Waals surface area contributed by atoms with Crippen LogP contribution in [0.3, 0.4) is 0 Å². The molecule has 2 heteroatoms. The van der Waals surface area contributed by atoms with Crippen molar-refractivity contribution in [1.29, 1.82) is 0 Å². The van der Waals surface area contributed by atoms with Crippen LogP contribution in [0.2, 0.25) is 0 Å². The number of nitrogens with one attached hydrogen (secondary N) is 1. The summed E-state index contributed by atoms with van der Waals surface area (Å²) in [6.45, 7) is 8.33. The Morgan fingerprint density at radius 2 is 1.48 bits per heavy atom. The summed E-state index contributed by atoms with van der Waals surface area (Å²) in [5.41, 5.74) is 7.10. The Morgan fingerprint density at radius 3 is 2.10 bits per heavy atom. The zero-order valence-electron chi connectivity index (χ0n) is 13.3. The monoisotopic (exact) mass is 281 g/mol. The summed E-state index contributed by atoms with van der Waals surface area (Å²) >= 11 is 0. The van der Waals surface area contributed by atoms with Crippen molar-refractivity contribution in [3.05, 3.63) is 64.2 Å². The SMILES string of the molecule is Cc1ccc(CCC(=O)Nc2ccc(C)c(C)c2)cc1C. The number of anilines is 1. The van der Waals surface area contributed by atoms with Crippen LogP contribution in [0.15, 0.2) is 36.4 Å². The van der Waals surface area contributed by atoms with Crippen LogP contribution in [0.4, 0.5) is 5.69 Å². The normalized spacial score (nSPS) is 10.5. The second kappa shape index (κ2) is 6.57. The molecule has 2 rings (SSSR count). The summed E-state index contributed by atoms with van der Waals surface area (Å²) in [5, 5.41) is 2.97. The molecule has 0 radical (unpaired) electrons. The van der Waals surface area contributed by atoms with Gasteiger partial charge in [0.25, 0.3) is 0 Å². The predicted molar refractivity (Wildman–Crippen MR) is 88.8 cm³/mol. The lowest BCUT2D eigenvalue weighted by Gasteiger charge is -2.08.